The summed E-state index contributed by atoms with van der Waals surface area (Å²) in [7, 11) is -1.21. The van der Waals surface area contributed by atoms with Gasteiger partial charge < -0.3 is 9.80 Å². The molecule has 0 atom stereocenters. The molecule has 2 saturated heterocycles. The first-order valence-electron chi connectivity index (χ1n) is 9.00. The van der Waals surface area contributed by atoms with Crippen molar-refractivity contribution >= 4 is 15.9 Å². The Hall–Kier alpha value is -1.44. The number of sulfonamides is 1. The average Bonchev–Trinajstić information content (AvgIpc) is 2.63. The molecule has 0 N–H and O–H groups in total. The van der Waals surface area contributed by atoms with Gasteiger partial charge in [0.1, 0.15) is 0 Å². The molecule has 0 unspecified atom stereocenters. The minimum absolute atomic E-state index is 0.00990. The van der Waals surface area contributed by atoms with E-state index in [0.29, 0.717) is 18.7 Å². The quantitative estimate of drug-likeness (QED) is 0.809. The summed E-state index contributed by atoms with van der Waals surface area (Å²) >= 11 is 0. The van der Waals surface area contributed by atoms with Gasteiger partial charge >= 0.3 is 0 Å². The second-order valence-corrected chi connectivity index (χ2v) is 8.98. The predicted molar refractivity (Wildman–Crippen MR) is 97.9 cm³/mol. The van der Waals surface area contributed by atoms with E-state index in [-0.39, 0.29) is 11.7 Å². The van der Waals surface area contributed by atoms with Crippen molar-refractivity contribution in [2.75, 3.05) is 46.3 Å². The van der Waals surface area contributed by atoms with Crippen LogP contribution in [0.2, 0.25) is 0 Å². The van der Waals surface area contributed by atoms with Crippen molar-refractivity contribution in [2.24, 2.45) is 0 Å². The van der Waals surface area contributed by atoms with Crippen molar-refractivity contribution in [1.82, 2.24) is 14.1 Å². The number of nitrogens with zero attached hydrogens (tertiary/aromatic N) is 3. The lowest BCUT2D eigenvalue weighted by Gasteiger charge is -2.32. The Labute approximate surface area is 150 Å². The molecule has 0 aliphatic carbocycles. The van der Waals surface area contributed by atoms with Crippen LogP contribution in [0.5, 0.6) is 0 Å². The van der Waals surface area contributed by atoms with E-state index in [1.54, 1.807) is 28.6 Å². The largest absolute Gasteiger partial charge is 0.336 e. The number of amides is 1. The number of piperazine rings is 1. The van der Waals surface area contributed by atoms with Gasteiger partial charge in [0, 0.05) is 44.8 Å². The molecule has 7 heteroatoms. The van der Waals surface area contributed by atoms with E-state index >= 15 is 0 Å². The van der Waals surface area contributed by atoms with Crippen LogP contribution in [-0.2, 0) is 15.8 Å². The Bertz CT molecular complexity index is 689. The van der Waals surface area contributed by atoms with Crippen molar-refractivity contribution < 1.29 is 13.2 Å². The topological polar surface area (TPSA) is 60.9 Å². The van der Waals surface area contributed by atoms with Crippen LogP contribution in [0.15, 0.2) is 24.3 Å². The second kappa shape index (κ2) is 7.85. The summed E-state index contributed by atoms with van der Waals surface area (Å²) in [5, 5.41) is 0. The van der Waals surface area contributed by atoms with Gasteiger partial charge in [0.15, 0.2) is 0 Å². The number of piperidine rings is 1. The summed E-state index contributed by atoms with van der Waals surface area (Å²) in [6.07, 6.45) is 2.99. The SMILES string of the molecule is CN1CCN(C(=O)c2ccc(CS(=O)(=O)N3CCCCC3)cc2)CC1. The maximum atomic E-state index is 12.5. The zero-order chi connectivity index (χ0) is 17.9. The molecule has 2 fully saturated rings. The number of carbonyl (C=O) groups is 1. The summed E-state index contributed by atoms with van der Waals surface area (Å²) in [5.74, 6) is 0.0363. The van der Waals surface area contributed by atoms with E-state index in [0.717, 1.165) is 51.0 Å². The summed E-state index contributed by atoms with van der Waals surface area (Å²) in [5.41, 5.74) is 1.36. The highest BCUT2D eigenvalue weighted by atomic mass is 32.2. The smallest absolute Gasteiger partial charge is 0.253 e. The maximum absolute atomic E-state index is 12.5. The molecule has 0 aromatic heterocycles. The van der Waals surface area contributed by atoms with Gasteiger partial charge in [-0.1, -0.05) is 18.6 Å². The second-order valence-electron chi connectivity index (χ2n) is 7.01. The van der Waals surface area contributed by atoms with Crippen LogP contribution in [0.4, 0.5) is 0 Å². The van der Waals surface area contributed by atoms with Gasteiger partial charge in [0.25, 0.3) is 5.91 Å². The monoisotopic (exact) mass is 365 g/mol. The standard InChI is InChI=1S/C18H27N3O3S/c1-19-11-13-20(14-12-19)18(22)17-7-5-16(6-8-17)15-25(23,24)21-9-3-2-4-10-21/h5-8H,2-4,9-15H2,1H3. The number of hydrogen-bond acceptors (Lipinski definition) is 4. The van der Waals surface area contributed by atoms with Crippen molar-refractivity contribution in [3.05, 3.63) is 35.4 Å². The molecule has 25 heavy (non-hydrogen) atoms. The Morgan fingerprint density at radius 2 is 1.52 bits per heavy atom. The fourth-order valence-corrected chi connectivity index (χ4v) is 4.99. The van der Waals surface area contributed by atoms with Gasteiger partial charge in [0.2, 0.25) is 10.0 Å². The fourth-order valence-electron chi connectivity index (χ4n) is 3.38. The fraction of sp³-hybridized carbons (Fsp3) is 0.611. The minimum atomic E-state index is -3.26. The number of rotatable bonds is 4. The number of carbonyl (C=O) groups excluding carboxylic acids is 1. The molecule has 2 aliphatic heterocycles. The zero-order valence-electron chi connectivity index (χ0n) is 14.9. The molecule has 1 aromatic carbocycles. The van der Waals surface area contributed by atoms with Crippen LogP contribution in [0.25, 0.3) is 0 Å². The average molecular weight is 365 g/mol. The molecule has 0 spiro atoms. The molecule has 1 aromatic rings. The maximum Gasteiger partial charge on any atom is 0.253 e. The number of benzene rings is 1. The van der Waals surface area contributed by atoms with E-state index in [4.69, 9.17) is 0 Å². The molecular formula is C18H27N3O3S. The van der Waals surface area contributed by atoms with Crippen LogP contribution >= 0.6 is 0 Å². The number of hydrogen-bond donors (Lipinski definition) is 0. The Morgan fingerprint density at radius 1 is 0.920 bits per heavy atom. The summed E-state index contributed by atoms with van der Waals surface area (Å²) in [6, 6.07) is 7.04. The Balaban J connectivity index is 1.62. The van der Waals surface area contributed by atoms with Crippen molar-refractivity contribution in [2.45, 2.75) is 25.0 Å². The van der Waals surface area contributed by atoms with Gasteiger partial charge in [-0.05, 0) is 37.6 Å². The van der Waals surface area contributed by atoms with Crippen LogP contribution in [0.1, 0.15) is 35.2 Å². The van der Waals surface area contributed by atoms with Crippen LogP contribution < -0.4 is 0 Å². The van der Waals surface area contributed by atoms with E-state index < -0.39 is 10.0 Å². The molecule has 0 bridgehead atoms. The molecule has 0 saturated carbocycles. The van der Waals surface area contributed by atoms with Gasteiger partial charge in [-0.25, -0.2) is 12.7 Å². The van der Waals surface area contributed by atoms with E-state index in [2.05, 4.69) is 11.9 Å². The lowest BCUT2D eigenvalue weighted by atomic mass is 10.1. The Morgan fingerprint density at radius 3 is 2.12 bits per heavy atom. The molecule has 2 heterocycles. The molecule has 3 rings (SSSR count). The molecule has 1 amide bonds. The Kier molecular flexibility index (Phi) is 5.76. The van der Waals surface area contributed by atoms with Crippen LogP contribution in [-0.4, -0.2) is 74.7 Å². The molecule has 2 aliphatic rings. The molecule has 6 nitrogen and oxygen atoms in total. The molecular weight excluding hydrogens is 338 g/mol. The van der Waals surface area contributed by atoms with Gasteiger partial charge in [-0.3, -0.25) is 4.79 Å². The third-order valence-electron chi connectivity index (χ3n) is 5.05. The number of likely N-dealkylation sites (N-methyl/N-ethyl adjacent to an activating group) is 1. The van der Waals surface area contributed by atoms with E-state index in [1.165, 1.54) is 0 Å². The van der Waals surface area contributed by atoms with Gasteiger partial charge in [-0.15, -0.1) is 0 Å². The van der Waals surface area contributed by atoms with Crippen molar-refractivity contribution in [1.29, 1.82) is 0 Å². The van der Waals surface area contributed by atoms with E-state index in [1.807, 2.05) is 4.90 Å². The highest BCUT2D eigenvalue weighted by molar-refractivity contribution is 7.88. The predicted octanol–water partition coefficient (Wildman–Crippen LogP) is 1.39. The third-order valence-corrected chi connectivity index (χ3v) is 6.90. The lowest BCUT2D eigenvalue weighted by molar-refractivity contribution is 0.0664. The van der Waals surface area contributed by atoms with Crippen LogP contribution in [0.3, 0.4) is 0 Å². The van der Waals surface area contributed by atoms with Crippen LogP contribution in [0, 0.1) is 0 Å². The summed E-state index contributed by atoms with van der Waals surface area (Å²) < 4.78 is 26.6. The zero-order valence-corrected chi connectivity index (χ0v) is 15.7. The van der Waals surface area contributed by atoms with Gasteiger partial charge in [0.05, 0.1) is 5.75 Å². The molecule has 0 radical (unpaired) electrons. The summed E-state index contributed by atoms with van der Waals surface area (Å²) in [4.78, 5) is 16.6. The molecule has 138 valence electrons. The third kappa shape index (κ3) is 4.59. The first-order chi connectivity index (χ1) is 12.0. The first-order valence-corrected chi connectivity index (χ1v) is 10.6. The minimum Gasteiger partial charge on any atom is -0.336 e. The van der Waals surface area contributed by atoms with E-state index in [9.17, 15) is 13.2 Å². The highest BCUT2D eigenvalue weighted by Crippen LogP contribution is 2.18. The summed E-state index contributed by atoms with van der Waals surface area (Å²) in [6.45, 7) is 4.50. The van der Waals surface area contributed by atoms with Crippen molar-refractivity contribution in [3.63, 3.8) is 0 Å². The first kappa shape index (κ1) is 18.4. The lowest BCUT2D eigenvalue weighted by Crippen LogP contribution is -2.47. The van der Waals surface area contributed by atoms with Gasteiger partial charge in [-0.2, -0.15) is 0 Å². The highest BCUT2D eigenvalue weighted by Gasteiger charge is 2.24. The normalized spacial score (nSPS) is 20.6. The van der Waals surface area contributed by atoms with Crippen molar-refractivity contribution in [3.8, 4) is 0 Å².